The average Bonchev–Trinajstić information content (AvgIpc) is 3.30. The second-order valence-electron chi connectivity index (χ2n) is 6.51. The molecule has 1 aromatic heterocycles. The van der Waals surface area contributed by atoms with E-state index in [0.717, 1.165) is 22.0 Å². The molecule has 2 heterocycles. The van der Waals surface area contributed by atoms with E-state index in [0.29, 0.717) is 5.56 Å². The van der Waals surface area contributed by atoms with Crippen molar-refractivity contribution < 1.29 is 18.7 Å². The number of urea groups is 1. The van der Waals surface area contributed by atoms with E-state index < -0.39 is 11.9 Å². The first-order chi connectivity index (χ1) is 14.0. The molecule has 1 fully saturated rings. The number of carbonyl (C=O) groups excluding carboxylic acids is 2. The maximum absolute atomic E-state index is 13.1. The van der Waals surface area contributed by atoms with Gasteiger partial charge in [0.2, 0.25) is 0 Å². The Morgan fingerprint density at radius 2 is 1.76 bits per heavy atom. The van der Waals surface area contributed by atoms with Crippen LogP contribution in [0.1, 0.15) is 11.3 Å². The summed E-state index contributed by atoms with van der Waals surface area (Å²) < 4.78 is 20.1. The Kier molecular flexibility index (Phi) is 4.87. The van der Waals surface area contributed by atoms with Gasteiger partial charge >= 0.3 is 6.03 Å². The molecule has 0 saturated carbocycles. The minimum atomic E-state index is -0.506. The van der Waals surface area contributed by atoms with Gasteiger partial charge in [0, 0.05) is 17.6 Å². The molecule has 0 bridgehead atoms. The van der Waals surface area contributed by atoms with Crippen LogP contribution in [0.3, 0.4) is 0 Å². The van der Waals surface area contributed by atoms with E-state index in [1.807, 2.05) is 47.2 Å². The Bertz CT molecular complexity index is 1090. The molecule has 0 spiro atoms. The van der Waals surface area contributed by atoms with Crippen LogP contribution in [0.25, 0.3) is 11.8 Å². The molecule has 2 aromatic carbocycles. The zero-order valence-corrected chi connectivity index (χ0v) is 15.6. The minimum absolute atomic E-state index is 0.0712. The molecule has 0 atom stereocenters. The molecule has 146 valence electrons. The summed E-state index contributed by atoms with van der Waals surface area (Å²) in [6.07, 6.45) is 3.50. The van der Waals surface area contributed by atoms with Crippen molar-refractivity contribution in [3.8, 4) is 11.4 Å². The first kappa shape index (κ1) is 18.5. The molecule has 1 aliphatic heterocycles. The topological polar surface area (TPSA) is 63.6 Å². The number of halogens is 1. The van der Waals surface area contributed by atoms with Gasteiger partial charge in [-0.2, -0.15) is 0 Å². The van der Waals surface area contributed by atoms with Crippen molar-refractivity contribution in [1.29, 1.82) is 0 Å². The van der Waals surface area contributed by atoms with E-state index in [1.165, 1.54) is 12.1 Å². The van der Waals surface area contributed by atoms with Gasteiger partial charge in [-0.25, -0.2) is 9.18 Å². The molecular weight excluding hydrogens is 373 g/mol. The number of carbonyl (C=O) groups is 2. The third-order valence-electron chi connectivity index (χ3n) is 4.64. The molecule has 0 radical (unpaired) electrons. The highest BCUT2D eigenvalue weighted by Gasteiger charge is 2.33. The highest BCUT2D eigenvalue weighted by atomic mass is 19.1. The van der Waals surface area contributed by atoms with Gasteiger partial charge in [-0.15, -0.1) is 0 Å². The molecule has 1 N–H and O–H groups in total. The number of nitrogens with one attached hydrogen (secondary N) is 1. The Balaban J connectivity index is 1.57. The van der Waals surface area contributed by atoms with E-state index in [2.05, 4.69) is 5.32 Å². The highest BCUT2D eigenvalue weighted by Crippen LogP contribution is 2.21. The first-order valence-electron chi connectivity index (χ1n) is 8.96. The third-order valence-corrected chi connectivity index (χ3v) is 4.64. The summed E-state index contributed by atoms with van der Waals surface area (Å²) in [6, 6.07) is 16.4. The van der Waals surface area contributed by atoms with Crippen molar-refractivity contribution >= 4 is 18.0 Å². The maximum Gasteiger partial charge on any atom is 0.329 e. The number of imide groups is 1. The van der Waals surface area contributed by atoms with Crippen molar-refractivity contribution in [2.75, 3.05) is 7.11 Å². The number of hydrogen-bond donors (Lipinski definition) is 1. The van der Waals surface area contributed by atoms with Gasteiger partial charge in [0.25, 0.3) is 5.91 Å². The predicted octanol–water partition coefficient (Wildman–Crippen LogP) is 3.72. The lowest BCUT2D eigenvalue weighted by Crippen LogP contribution is -2.30. The van der Waals surface area contributed by atoms with Crippen LogP contribution < -0.4 is 10.1 Å². The number of methoxy groups -OCH3 is 1. The second kappa shape index (κ2) is 7.63. The Labute approximate surface area is 166 Å². The van der Waals surface area contributed by atoms with E-state index in [9.17, 15) is 14.0 Å². The average molecular weight is 391 g/mol. The number of nitrogens with zero attached hydrogens (tertiary/aromatic N) is 2. The monoisotopic (exact) mass is 391 g/mol. The zero-order chi connectivity index (χ0) is 20.4. The number of ether oxygens (including phenoxy) is 1. The Morgan fingerprint density at radius 3 is 2.45 bits per heavy atom. The van der Waals surface area contributed by atoms with Gasteiger partial charge in [0.1, 0.15) is 17.3 Å². The van der Waals surface area contributed by atoms with Crippen molar-refractivity contribution in [2.45, 2.75) is 6.54 Å². The van der Waals surface area contributed by atoms with Crippen LogP contribution in [0.4, 0.5) is 9.18 Å². The minimum Gasteiger partial charge on any atom is -0.497 e. The fourth-order valence-electron chi connectivity index (χ4n) is 3.13. The molecule has 0 aliphatic carbocycles. The first-order valence-corrected chi connectivity index (χ1v) is 8.96. The quantitative estimate of drug-likeness (QED) is 0.533. The van der Waals surface area contributed by atoms with Crippen LogP contribution in [-0.4, -0.2) is 28.5 Å². The molecule has 3 aromatic rings. The van der Waals surface area contributed by atoms with Crippen molar-refractivity contribution in [3.63, 3.8) is 0 Å². The lowest BCUT2D eigenvalue weighted by atomic mass is 10.2. The van der Waals surface area contributed by atoms with Gasteiger partial charge in [0.05, 0.1) is 13.7 Å². The van der Waals surface area contributed by atoms with Crippen LogP contribution in [0.5, 0.6) is 5.75 Å². The van der Waals surface area contributed by atoms with Crippen LogP contribution >= 0.6 is 0 Å². The summed E-state index contributed by atoms with van der Waals surface area (Å²) >= 11 is 0. The number of amides is 3. The molecule has 7 heteroatoms. The smallest absolute Gasteiger partial charge is 0.329 e. The highest BCUT2D eigenvalue weighted by molar-refractivity contribution is 6.13. The van der Waals surface area contributed by atoms with E-state index in [-0.39, 0.29) is 18.1 Å². The predicted molar refractivity (Wildman–Crippen MR) is 106 cm³/mol. The number of hydrogen-bond acceptors (Lipinski definition) is 3. The molecule has 29 heavy (non-hydrogen) atoms. The summed E-state index contributed by atoms with van der Waals surface area (Å²) in [4.78, 5) is 26.1. The molecule has 1 saturated heterocycles. The normalized spacial score (nSPS) is 15.1. The van der Waals surface area contributed by atoms with Crippen LogP contribution in [0, 0.1) is 5.82 Å². The van der Waals surface area contributed by atoms with E-state index in [1.54, 1.807) is 25.3 Å². The fourth-order valence-corrected chi connectivity index (χ4v) is 3.13. The number of aromatic nitrogens is 1. The number of rotatable bonds is 5. The molecular formula is C22H18FN3O3. The third kappa shape index (κ3) is 3.75. The molecule has 0 unspecified atom stereocenters. The van der Waals surface area contributed by atoms with Crippen molar-refractivity contribution in [2.24, 2.45) is 0 Å². The van der Waals surface area contributed by atoms with Crippen molar-refractivity contribution in [1.82, 2.24) is 14.8 Å². The molecule has 1 aliphatic rings. The van der Waals surface area contributed by atoms with Gasteiger partial charge in [-0.05, 0) is 60.2 Å². The van der Waals surface area contributed by atoms with Gasteiger partial charge in [-0.3, -0.25) is 9.69 Å². The van der Waals surface area contributed by atoms with E-state index in [4.69, 9.17) is 4.74 Å². The largest absolute Gasteiger partial charge is 0.497 e. The van der Waals surface area contributed by atoms with Gasteiger partial charge in [-0.1, -0.05) is 12.1 Å². The Hall–Kier alpha value is -3.87. The summed E-state index contributed by atoms with van der Waals surface area (Å²) in [6.45, 7) is 0.0712. The maximum atomic E-state index is 13.1. The summed E-state index contributed by atoms with van der Waals surface area (Å²) in [5.74, 6) is -0.0527. The summed E-state index contributed by atoms with van der Waals surface area (Å²) in [7, 11) is 1.60. The van der Waals surface area contributed by atoms with Crippen LogP contribution in [0.15, 0.2) is 72.6 Å². The Morgan fingerprint density at radius 1 is 1.03 bits per heavy atom. The summed E-state index contributed by atoms with van der Waals surface area (Å²) in [5.41, 5.74) is 2.48. The van der Waals surface area contributed by atoms with Gasteiger partial charge in [0.15, 0.2) is 0 Å². The lowest BCUT2D eigenvalue weighted by Gasteiger charge is -2.11. The van der Waals surface area contributed by atoms with Crippen LogP contribution in [-0.2, 0) is 11.3 Å². The van der Waals surface area contributed by atoms with Crippen LogP contribution in [0.2, 0.25) is 0 Å². The number of benzene rings is 2. The van der Waals surface area contributed by atoms with E-state index >= 15 is 0 Å². The molecule has 3 amide bonds. The zero-order valence-electron chi connectivity index (χ0n) is 15.6. The standard InChI is InChI=1S/C22H18FN3O3/c1-29-19-10-8-17(9-11-19)25-12-2-3-18(25)13-20-21(27)26(22(28)24-20)14-15-4-6-16(23)7-5-15/h2-13H,14H2,1H3,(H,24,28)/b20-13+. The lowest BCUT2D eigenvalue weighted by molar-refractivity contribution is -0.123. The van der Waals surface area contributed by atoms with Gasteiger partial charge < -0.3 is 14.6 Å². The fraction of sp³-hybridized carbons (Fsp3) is 0.0909. The second-order valence-corrected chi connectivity index (χ2v) is 6.51. The molecule has 6 nitrogen and oxygen atoms in total. The van der Waals surface area contributed by atoms with Crippen molar-refractivity contribution in [3.05, 3.63) is 89.6 Å². The SMILES string of the molecule is COc1ccc(-n2cccc2/C=C2/NC(=O)N(Cc3ccc(F)cc3)C2=O)cc1. The summed E-state index contributed by atoms with van der Waals surface area (Å²) in [5, 5.41) is 2.61. The molecule has 4 rings (SSSR count).